The molecule has 2 aromatic carbocycles. The van der Waals surface area contributed by atoms with Crippen LogP contribution in [-0.2, 0) is 9.59 Å². The molecule has 0 aliphatic carbocycles. The number of hydrogen-bond acceptors (Lipinski definition) is 3. The van der Waals surface area contributed by atoms with Crippen molar-refractivity contribution < 1.29 is 14.4 Å². The summed E-state index contributed by atoms with van der Waals surface area (Å²) in [5.74, 6) is -0.556. The maximum absolute atomic E-state index is 12.4. The molecule has 1 aliphatic rings. The summed E-state index contributed by atoms with van der Waals surface area (Å²) in [5, 5.41) is 5.58. The summed E-state index contributed by atoms with van der Waals surface area (Å²) in [7, 11) is 0. The molecular formula is C21H22BrN3O3. The van der Waals surface area contributed by atoms with E-state index in [2.05, 4.69) is 26.6 Å². The molecule has 2 N–H and O–H groups in total. The predicted molar refractivity (Wildman–Crippen MR) is 111 cm³/mol. The number of benzene rings is 2. The van der Waals surface area contributed by atoms with Crippen molar-refractivity contribution in [2.75, 3.05) is 25.0 Å². The average molecular weight is 444 g/mol. The first kappa shape index (κ1) is 20.1. The maximum Gasteiger partial charge on any atom is 0.252 e. The molecule has 7 heteroatoms. The van der Waals surface area contributed by atoms with Gasteiger partial charge in [0.05, 0.1) is 12.1 Å². The number of amides is 3. The second-order valence-corrected chi connectivity index (χ2v) is 7.53. The molecule has 0 aromatic heterocycles. The quantitative estimate of drug-likeness (QED) is 0.744. The van der Waals surface area contributed by atoms with Gasteiger partial charge in [-0.1, -0.05) is 30.3 Å². The van der Waals surface area contributed by atoms with Gasteiger partial charge < -0.3 is 15.5 Å². The van der Waals surface area contributed by atoms with Gasteiger partial charge in [-0.15, -0.1) is 0 Å². The highest BCUT2D eigenvalue weighted by Gasteiger charge is 2.27. The van der Waals surface area contributed by atoms with Crippen molar-refractivity contribution in [2.45, 2.75) is 12.8 Å². The van der Waals surface area contributed by atoms with E-state index in [1.54, 1.807) is 23.1 Å². The lowest BCUT2D eigenvalue weighted by Gasteiger charge is -2.31. The van der Waals surface area contributed by atoms with Gasteiger partial charge in [-0.25, -0.2) is 0 Å². The number of anilines is 1. The minimum atomic E-state index is -0.294. The fourth-order valence-corrected chi connectivity index (χ4v) is 3.63. The Morgan fingerprint density at radius 3 is 2.29 bits per heavy atom. The van der Waals surface area contributed by atoms with E-state index in [-0.39, 0.29) is 30.2 Å². The molecule has 1 heterocycles. The molecule has 0 spiro atoms. The highest BCUT2D eigenvalue weighted by Crippen LogP contribution is 2.20. The van der Waals surface area contributed by atoms with Crippen LogP contribution < -0.4 is 10.6 Å². The van der Waals surface area contributed by atoms with Crippen molar-refractivity contribution in [3.8, 4) is 0 Å². The van der Waals surface area contributed by atoms with Crippen molar-refractivity contribution in [2.24, 2.45) is 5.92 Å². The highest BCUT2D eigenvalue weighted by atomic mass is 79.9. The van der Waals surface area contributed by atoms with Crippen LogP contribution >= 0.6 is 15.9 Å². The lowest BCUT2D eigenvalue weighted by molar-refractivity contribution is -0.133. The number of nitrogens with zero attached hydrogens (tertiary/aromatic N) is 1. The number of halogens is 1. The number of carbonyl (C=O) groups excluding carboxylic acids is 3. The van der Waals surface area contributed by atoms with Gasteiger partial charge in [-0.3, -0.25) is 14.4 Å². The van der Waals surface area contributed by atoms with Crippen LogP contribution in [0.1, 0.15) is 23.2 Å². The summed E-state index contributed by atoms with van der Waals surface area (Å²) < 4.78 is 0.685. The summed E-state index contributed by atoms with van der Waals surface area (Å²) in [6, 6.07) is 16.4. The number of para-hydroxylation sites is 1. The Kier molecular flexibility index (Phi) is 6.81. The fraction of sp³-hybridized carbons (Fsp3) is 0.286. The van der Waals surface area contributed by atoms with Crippen LogP contribution in [0.5, 0.6) is 0 Å². The van der Waals surface area contributed by atoms with Crippen molar-refractivity contribution in [1.29, 1.82) is 0 Å². The van der Waals surface area contributed by atoms with E-state index in [1.807, 2.05) is 36.4 Å². The van der Waals surface area contributed by atoms with E-state index >= 15 is 0 Å². The summed E-state index contributed by atoms with van der Waals surface area (Å²) in [6.07, 6.45) is 1.23. The summed E-state index contributed by atoms with van der Waals surface area (Å²) in [4.78, 5) is 38.7. The molecule has 0 radical (unpaired) electrons. The Morgan fingerprint density at radius 1 is 0.964 bits per heavy atom. The number of rotatable bonds is 5. The molecule has 146 valence electrons. The third kappa shape index (κ3) is 5.19. The van der Waals surface area contributed by atoms with E-state index in [1.165, 1.54) is 0 Å². The third-order valence-electron chi connectivity index (χ3n) is 4.78. The monoisotopic (exact) mass is 443 g/mol. The van der Waals surface area contributed by atoms with Crippen LogP contribution in [0.2, 0.25) is 0 Å². The third-order valence-corrected chi connectivity index (χ3v) is 5.47. The summed E-state index contributed by atoms with van der Waals surface area (Å²) in [6.45, 7) is 0.967. The van der Waals surface area contributed by atoms with Crippen molar-refractivity contribution in [3.63, 3.8) is 0 Å². The van der Waals surface area contributed by atoms with Crippen molar-refractivity contribution >= 4 is 39.3 Å². The second kappa shape index (κ2) is 9.50. The number of nitrogens with one attached hydrogen (secondary N) is 2. The second-order valence-electron chi connectivity index (χ2n) is 6.67. The predicted octanol–water partition coefficient (Wildman–Crippen LogP) is 3.06. The first-order valence-corrected chi connectivity index (χ1v) is 10.0. The molecule has 0 atom stereocenters. The van der Waals surface area contributed by atoms with Gasteiger partial charge >= 0.3 is 0 Å². The molecule has 1 fully saturated rings. The maximum atomic E-state index is 12.4. The van der Waals surface area contributed by atoms with Crippen LogP contribution in [-0.4, -0.2) is 42.3 Å². The van der Waals surface area contributed by atoms with Crippen LogP contribution in [0.15, 0.2) is 59.1 Å². The Bertz CT molecular complexity index is 849. The lowest BCUT2D eigenvalue weighted by atomic mass is 9.95. The molecule has 2 aromatic rings. The molecular weight excluding hydrogens is 422 g/mol. The molecule has 3 amide bonds. The zero-order chi connectivity index (χ0) is 19.9. The first-order valence-electron chi connectivity index (χ1n) is 9.21. The van der Waals surface area contributed by atoms with Crippen molar-refractivity contribution in [1.82, 2.24) is 10.2 Å². The number of hydrogen-bond donors (Lipinski definition) is 2. The lowest BCUT2D eigenvalue weighted by Crippen LogP contribution is -2.45. The molecule has 3 rings (SSSR count). The van der Waals surface area contributed by atoms with E-state index in [0.29, 0.717) is 36.0 Å². The SMILES string of the molecule is O=C(NCC(=O)N1CCC(C(=O)Nc2ccccc2)CC1)c1ccccc1Br. The molecule has 0 saturated carbocycles. The van der Waals surface area contributed by atoms with E-state index in [4.69, 9.17) is 0 Å². The van der Waals surface area contributed by atoms with Crippen LogP contribution in [0.25, 0.3) is 0 Å². The Labute approximate surface area is 172 Å². The summed E-state index contributed by atoms with van der Waals surface area (Å²) in [5.41, 5.74) is 1.27. The molecule has 1 aliphatic heterocycles. The van der Waals surface area contributed by atoms with Gasteiger partial charge in [0.25, 0.3) is 5.91 Å². The largest absolute Gasteiger partial charge is 0.343 e. The number of likely N-dealkylation sites (tertiary alicyclic amines) is 1. The van der Waals surface area contributed by atoms with Gasteiger partial charge in [0, 0.05) is 29.2 Å². The topological polar surface area (TPSA) is 78.5 Å². The van der Waals surface area contributed by atoms with Gasteiger partial charge in [0.15, 0.2) is 0 Å². The Hall–Kier alpha value is -2.67. The molecule has 28 heavy (non-hydrogen) atoms. The van der Waals surface area contributed by atoms with Gasteiger partial charge in [0.1, 0.15) is 0 Å². The Morgan fingerprint density at radius 2 is 1.61 bits per heavy atom. The zero-order valence-corrected chi connectivity index (χ0v) is 16.9. The summed E-state index contributed by atoms with van der Waals surface area (Å²) >= 11 is 3.33. The first-order chi connectivity index (χ1) is 13.5. The van der Waals surface area contributed by atoms with Gasteiger partial charge in [0.2, 0.25) is 11.8 Å². The minimum Gasteiger partial charge on any atom is -0.343 e. The normalized spacial score (nSPS) is 14.4. The van der Waals surface area contributed by atoms with Crippen LogP contribution in [0.4, 0.5) is 5.69 Å². The molecule has 0 bridgehead atoms. The number of piperidine rings is 1. The van der Waals surface area contributed by atoms with Crippen LogP contribution in [0, 0.1) is 5.92 Å². The smallest absolute Gasteiger partial charge is 0.252 e. The van der Waals surface area contributed by atoms with E-state index < -0.39 is 0 Å². The zero-order valence-electron chi connectivity index (χ0n) is 15.4. The van der Waals surface area contributed by atoms with E-state index in [0.717, 1.165) is 5.69 Å². The molecule has 6 nitrogen and oxygen atoms in total. The van der Waals surface area contributed by atoms with Crippen molar-refractivity contribution in [3.05, 3.63) is 64.6 Å². The minimum absolute atomic E-state index is 0.0134. The molecule has 0 unspecified atom stereocenters. The fourth-order valence-electron chi connectivity index (χ4n) is 3.17. The standard InChI is InChI=1S/C21H22BrN3O3/c22-18-9-5-4-8-17(18)21(28)23-14-19(26)25-12-10-15(11-13-25)20(27)24-16-6-2-1-3-7-16/h1-9,15H,10-14H2,(H,23,28)(H,24,27). The molecule has 1 saturated heterocycles. The number of carbonyl (C=O) groups is 3. The van der Waals surface area contributed by atoms with Gasteiger partial charge in [-0.2, -0.15) is 0 Å². The Balaban J connectivity index is 1.44. The average Bonchev–Trinajstić information content (AvgIpc) is 2.73. The van der Waals surface area contributed by atoms with Crippen LogP contribution in [0.3, 0.4) is 0 Å². The van der Waals surface area contributed by atoms with E-state index in [9.17, 15) is 14.4 Å². The van der Waals surface area contributed by atoms with Gasteiger partial charge in [-0.05, 0) is 53.0 Å². The highest BCUT2D eigenvalue weighted by molar-refractivity contribution is 9.10.